The summed E-state index contributed by atoms with van der Waals surface area (Å²) in [5.41, 5.74) is 6.71. The predicted molar refractivity (Wildman–Crippen MR) is 83.5 cm³/mol. The molecule has 0 aliphatic carbocycles. The molecule has 1 aromatic rings. The lowest BCUT2D eigenvalue weighted by Crippen LogP contribution is -2.25. The Labute approximate surface area is 127 Å². The lowest BCUT2D eigenvalue weighted by molar-refractivity contribution is 0.222. The molecule has 0 amide bonds. The first-order valence-corrected chi connectivity index (χ1v) is 7.58. The molecule has 0 saturated carbocycles. The molecule has 0 radical (unpaired) electrons. The van der Waals surface area contributed by atoms with Crippen LogP contribution in [0.15, 0.2) is 12.1 Å². The van der Waals surface area contributed by atoms with Gasteiger partial charge in [-0.1, -0.05) is 0 Å². The van der Waals surface area contributed by atoms with Gasteiger partial charge in [0, 0.05) is 6.54 Å². The van der Waals surface area contributed by atoms with E-state index in [1.54, 1.807) is 14.2 Å². The van der Waals surface area contributed by atoms with E-state index in [1.165, 1.54) is 25.9 Å². The number of benzene rings is 1. The lowest BCUT2D eigenvalue weighted by atomic mass is 10.1. The van der Waals surface area contributed by atoms with Crippen molar-refractivity contribution in [1.29, 1.82) is 0 Å². The summed E-state index contributed by atoms with van der Waals surface area (Å²) in [5, 5.41) is 0. The number of hydrogen-bond donors (Lipinski definition) is 1. The van der Waals surface area contributed by atoms with E-state index in [1.807, 2.05) is 12.1 Å². The molecule has 1 aliphatic heterocycles. The smallest absolute Gasteiger partial charge is 0.203 e. The summed E-state index contributed by atoms with van der Waals surface area (Å²) >= 11 is 0. The van der Waals surface area contributed by atoms with Gasteiger partial charge in [-0.15, -0.1) is 0 Å². The van der Waals surface area contributed by atoms with Gasteiger partial charge in [0.05, 0.1) is 14.2 Å². The topological polar surface area (TPSA) is 57.0 Å². The van der Waals surface area contributed by atoms with Crippen molar-refractivity contribution in [2.45, 2.75) is 19.3 Å². The van der Waals surface area contributed by atoms with Crippen LogP contribution >= 0.6 is 0 Å². The third-order valence-electron chi connectivity index (χ3n) is 3.81. The third-order valence-corrected chi connectivity index (χ3v) is 3.81. The zero-order chi connectivity index (χ0) is 15.1. The number of nitrogens with two attached hydrogens (primary N) is 1. The van der Waals surface area contributed by atoms with Crippen LogP contribution in [0.4, 0.5) is 0 Å². The van der Waals surface area contributed by atoms with Crippen molar-refractivity contribution in [3.05, 3.63) is 17.7 Å². The first-order valence-electron chi connectivity index (χ1n) is 7.58. The Morgan fingerprint density at radius 1 is 1.10 bits per heavy atom. The van der Waals surface area contributed by atoms with Crippen molar-refractivity contribution in [3.8, 4) is 17.2 Å². The van der Waals surface area contributed by atoms with Crippen LogP contribution in [-0.4, -0.2) is 51.9 Å². The van der Waals surface area contributed by atoms with Gasteiger partial charge in [0.15, 0.2) is 11.5 Å². The molecule has 5 nitrogen and oxygen atoms in total. The number of likely N-dealkylation sites (tertiary alicyclic amines) is 1. The Kier molecular flexibility index (Phi) is 6.14. The number of hydrogen-bond acceptors (Lipinski definition) is 5. The summed E-state index contributed by atoms with van der Waals surface area (Å²) in [6.45, 7) is 4.53. The average Bonchev–Trinajstić information content (AvgIpc) is 3.01. The maximum atomic E-state index is 5.92. The minimum absolute atomic E-state index is 0.599. The van der Waals surface area contributed by atoms with Crippen molar-refractivity contribution in [1.82, 2.24) is 4.90 Å². The first-order chi connectivity index (χ1) is 10.3. The van der Waals surface area contributed by atoms with Crippen LogP contribution in [0.3, 0.4) is 0 Å². The van der Waals surface area contributed by atoms with Crippen molar-refractivity contribution >= 4 is 0 Å². The highest BCUT2D eigenvalue weighted by Crippen LogP contribution is 2.38. The van der Waals surface area contributed by atoms with Crippen molar-refractivity contribution in [2.24, 2.45) is 5.73 Å². The van der Waals surface area contributed by atoms with E-state index >= 15 is 0 Å². The fraction of sp³-hybridized carbons (Fsp3) is 0.625. The molecule has 2 rings (SSSR count). The maximum Gasteiger partial charge on any atom is 0.203 e. The minimum Gasteiger partial charge on any atom is -0.493 e. The average molecular weight is 294 g/mol. The predicted octanol–water partition coefficient (Wildman–Crippen LogP) is 1.68. The van der Waals surface area contributed by atoms with Crippen molar-refractivity contribution in [3.63, 3.8) is 0 Å². The molecule has 1 saturated heterocycles. The van der Waals surface area contributed by atoms with Gasteiger partial charge in [0.1, 0.15) is 6.61 Å². The quantitative estimate of drug-likeness (QED) is 0.790. The van der Waals surface area contributed by atoms with Crippen LogP contribution in [0.1, 0.15) is 18.4 Å². The summed E-state index contributed by atoms with van der Waals surface area (Å²) in [6.07, 6.45) is 3.38. The molecule has 0 atom stereocenters. The zero-order valence-corrected chi connectivity index (χ0v) is 13.1. The van der Waals surface area contributed by atoms with Gasteiger partial charge in [-0.05, 0) is 56.6 Å². The highest BCUT2D eigenvalue weighted by Gasteiger charge is 2.16. The van der Waals surface area contributed by atoms with E-state index in [0.29, 0.717) is 30.4 Å². The van der Waals surface area contributed by atoms with Crippen LogP contribution in [0, 0.1) is 0 Å². The van der Waals surface area contributed by atoms with Gasteiger partial charge in [0.25, 0.3) is 0 Å². The summed E-state index contributed by atoms with van der Waals surface area (Å²) in [5.74, 6) is 2.10. The van der Waals surface area contributed by atoms with Crippen LogP contribution in [-0.2, 0) is 6.42 Å². The zero-order valence-electron chi connectivity index (χ0n) is 13.1. The fourth-order valence-corrected chi connectivity index (χ4v) is 2.67. The Balaban J connectivity index is 2.04. The molecule has 5 heteroatoms. The molecule has 1 heterocycles. The normalized spacial score (nSPS) is 15.2. The van der Waals surface area contributed by atoms with E-state index in [9.17, 15) is 0 Å². The molecule has 1 aromatic carbocycles. The Morgan fingerprint density at radius 3 is 2.24 bits per heavy atom. The number of methoxy groups -OCH3 is 2. The van der Waals surface area contributed by atoms with E-state index in [2.05, 4.69) is 4.90 Å². The number of rotatable bonds is 8. The summed E-state index contributed by atoms with van der Waals surface area (Å²) in [4.78, 5) is 2.42. The van der Waals surface area contributed by atoms with E-state index in [-0.39, 0.29) is 0 Å². The van der Waals surface area contributed by atoms with Crippen LogP contribution < -0.4 is 19.9 Å². The molecule has 2 N–H and O–H groups in total. The highest BCUT2D eigenvalue weighted by molar-refractivity contribution is 5.54. The Hall–Kier alpha value is -1.46. The van der Waals surface area contributed by atoms with Gasteiger partial charge in [-0.2, -0.15) is 0 Å². The molecule has 1 aliphatic rings. The summed E-state index contributed by atoms with van der Waals surface area (Å²) in [7, 11) is 3.29. The van der Waals surface area contributed by atoms with Gasteiger partial charge in [0.2, 0.25) is 5.75 Å². The standard InChI is InChI=1S/C16H26N2O3/c1-19-14-11-13(5-6-17)12-15(20-2)16(14)21-10-9-18-7-3-4-8-18/h11-12H,3-10,17H2,1-2H3. The molecular formula is C16H26N2O3. The molecular weight excluding hydrogens is 268 g/mol. The molecule has 1 fully saturated rings. The molecule has 0 unspecified atom stereocenters. The van der Waals surface area contributed by atoms with Crippen LogP contribution in [0.5, 0.6) is 17.2 Å². The second kappa shape index (κ2) is 8.10. The molecule has 21 heavy (non-hydrogen) atoms. The Morgan fingerprint density at radius 2 is 1.71 bits per heavy atom. The monoisotopic (exact) mass is 294 g/mol. The van der Waals surface area contributed by atoms with E-state index in [0.717, 1.165) is 18.5 Å². The second-order valence-electron chi connectivity index (χ2n) is 5.27. The van der Waals surface area contributed by atoms with E-state index < -0.39 is 0 Å². The van der Waals surface area contributed by atoms with Gasteiger partial charge in [-0.25, -0.2) is 0 Å². The summed E-state index contributed by atoms with van der Waals surface area (Å²) in [6, 6.07) is 3.95. The molecule has 118 valence electrons. The third kappa shape index (κ3) is 4.25. The van der Waals surface area contributed by atoms with Crippen LogP contribution in [0.2, 0.25) is 0 Å². The largest absolute Gasteiger partial charge is 0.493 e. The lowest BCUT2D eigenvalue weighted by Gasteiger charge is -2.18. The highest BCUT2D eigenvalue weighted by atomic mass is 16.5. The summed E-state index contributed by atoms with van der Waals surface area (Å²) < 4.78 is 16.8. The first kappa shape index (κ1) is 15.9. The van der Waals surface area contributed by atoms with Crippen LogP contribution in [0.25, 0.3) is 0 Å². The van der Waals surface area contributed by atoms with E-state index in [4.69, 9.17) is 19.9 Å². The molecule has 0 aromatic heterocycles. The van der Waals surface area contributed by atoms with Crippen molar-refractivity contribution < 1.29 is 14.2 Å². The minimum atomic E-state index is 0.599. The number of ether oxygens (including phenoxy) is 3. The van der Waals surface area contributed by atoms with Gasteiger partial charge in [-0.3, -0.25) is 4.90 Å². The van der Waals surface area contributed by atoms with Gasteiger partial charge < -0.3 is 19.9 Å². The number of nitrogens with zero attached hydrogens (tertiary/aromatic N) is 1. The fourth-order valence-electron chi connectivity index (χ4n) is 2.67. The Bertz CT molecular complexity index is 420. The van der Waals surface area contributed by atoms with Gasteiger partial charge >= 0.3 is 0 Å². The SMILES string of the molecule is COc1cc(CCN)cc(OC)c1OCCN1CCCC1. The maximum absolute atomic E-state index is 5.92. The molecule has 0 spiro atoms. The second-order valence-corrected chi connectivity index (χ2v) is 5.27. The molecule has 0 bridgehead atoms. The van der Waals surface area contributed by atoms with Crippen molar-refractivity contribution in [2.75, 3.05) is 47.0 Å².